The summed E-state index contributed by atoms with van der Waals surface area (Å²) in [7, 11) is 0. The van der Waals surface area contributed by atoms with Gasteiger partial charge in [0.15, 0.2) is 0 Å². The van der Waals surface area contributed by atoms with Gasteiger partial charge in [-0.25, -0.2) is 0 Å². The monoisotopic (exact) mass is 288 g/mol. The second kappa shape index (κ2) is 5.97. The lowest BCUT2D eigenvalue weighted by molar-refractivity contribution is 0.305. The number of amidine groups is 1. The van der Waals surface area contributed by atoms with Gasteiger partial charge in [0.1, 0.15) is 18.2 Å². The van der Waals surface area contributed by atoms with Gasteiger partial charge in [0, 0.05) is 5.02 Å². The molecule has 0 aliphatic heterocycles. The smallest absolute Gasteiger partial charge is 0.132 e. The van der Waals surface area contributed by atoms with Gasteiger partial charge >= 0.3 is 0 Å². The van der Waals surface area contributed by atoms with Gasteiger partial charge < -0.3 is 10.5 Å². The summed E-state index contributed by atoms with van der Waals surface area (Å²) in [5.41, 5.74) is 9.57. The maximum atomic E-state index is 7.55. The predicted molar refractivity (Wildman–Crippen MR) is 82.7 cm³/mol. The SMILES string of the molecule is Cc1cc(C)cc(COc2cc(Cl)ccc2C(=N)N)c1. The first-order valence-electron chi connectivity index (χ1n) is 6.29. The fourth-order valence-electron chi connectivity index (χ4n) is 2.15. The average Bonchev–Trinajstić information content (AvgIpc) is 2.35. The molecule has 3 N–H and O–H groups in total. The number of nitrogen functional groups attached to an aromatic ring is 1. The fourth-order valence-corrected chi connectivity index (χ4v) is 2.31. The van der Waals surface area contributed by atoms with Crippen LogP contribution in [0.4, 0.5) is 0 Å². The summed E-state index contributed by atoms with van der Waals surface area (Å²) in [5.74, 6) is 0.501. The summed E-state index contributed by atoms with van der Waals surface area (Å²) in [4.78, 5) is 0. The van der Waals surface area contributed by atoms with Crippen LogP contribution in [0.15, 0.2) is 36.4 Å². The van der Waals surface area contributed by atoms with Crippen LogP contribution in [0.2, 0.25) is 5.02 Å². The van der Waals surface area contributed by atoms with Gasteiger partial charge in [0.05, 0.1) is 5.56 Å². The van der Waals surface area contributed by atoms with Gasteiger partial charge in [0.2, 0.25) is 0 Å². The Balaban J connectivity index is 2.22. The predicted octanol–water partition coefficient (Wildman–Crippen LogP) is 3.82. The highest BCUT2D eigenvalue weighted by atomic mass is 35.5. The van der Waals surface area contributed by atoms with Gasteiger partial charge in [-0.15, -0.1) is 0 Å². The Kier molecular flexibility index (Phi) is 4.30. The molecule has 0 atom stereocenters. The highest BCUT2D eigenvalue weighted by Gasteiger charge is 2.08. The van der Waals surface area contributed by atoms with E-state index in [1.165, 1.54) is 11.1 Å². The normalized spacial score (nSPS) is 10.3. The van der Waals surface area contributed by atoms with Crippen LogP contribution in [-0.4, -0.2) is 5.84 Å². The van der Waals surface area contributed by atoms with Gasteiger partial charge in [-0.1, -0.05) is 40.9 Å². The third-order valence-electron chi connectivity index (χ3n) is 2.91. The lowest BCUT2D eigenvalue weighted by Gasteiger charge is -2.12. The number of benzene rings is 2. The Morgan fingerprint density at radius 2 is 1.80 bits per heavy atom. The van der Waals surface area contributed by atoms with Crippen LogP contribution in [0.5, 0.6) is 5.75 Å². The summed E-state index contributed by atoms with van der Waals surface area (Å²) in [6.07, 6.45) is 0. The van der Waals surface area contributed by atoms with Crippen LogP contribution in [0.1, 0.15) is 22.3 Å². The summed E-state index contributed by atoms with van der Waals surface area (Å²) in [5, 5.41) is 8.11. The Hall–Kier alpha value is -2.00. The number of aryl methyl sites for hydroxylation is 2. The van der Waals surface area contributed by atoms with Crippen molar-refractivity contribution in [3.63, 3.8) is 0 Å². The van der Waals surface area contributed by atoms with Crippen LogP contribution >= 0.6 is 11.6 Å². The molecule has 0 heterocycles. The maximum absolute atomic E-state index is 7.55. The number of nitrogens with two attached hydrogens (primary N) is 1. The minimum atomic E-state index is -0.0305. The molecule has 0 fully saturated rings. The topological polar surface area (TPSA) is 59.1 Å². The number of rotatable bonds is 4. The van der Waals surface area contributed by atoms with Gasteiger partial charge in [0.25, 0.3) is 0 Å². The van der Waals surface area contributed by atoms with Crippen LogP contribution in [-0.2, 0) is 6.61 Å². The molecular weight excluding hydrogens is 272 g/mol. The van der Waals surface area contributed by atoms with Crippen LogP contribution in [0, 0.1) is 19.3 Å². The fraction of sp³-hybridized carbons (Fsp3) is 0.188. The van der Waals surface area contributed by atoms with Crippen molar-refractivity contribution in [3.8, 4) is 5.75 Å². The van der Waals surface area contributed by atoms with E-state index in [2.05, 4.69) is 32.0 Å². The Morgan fingerprint density at radius 3 is 2.40 bits per heavy atom. The largest absolute Gasteiger partial charge is 0.488 e. The molecule has 2 rings (SSSR count). The van der Waals surface area contributed by atoms with E-state index < -0.39 is 0 Å². The van der Waals surface area contributed by atoms with E-state index in [-0.39, 0.29) is 5.84 Å². The molecule has 0 amide bonds. The maximum Gasteiger partial charge on any atom is 0.132 e. The molecule has 0 saturated heterocycles. The molecule has 3 nitrogen and oxygen atoms in total. The van der Waals surface area contributed by atoms with E-state index in [0.717, 1.165) is 5.56 Å². The highest BCUT2D eigenvalue weighted by Crippen LogP contribution is 2.24. The first kappa shape index (κ1) is 14.4. The molecule has 2 aromatic rings. The molecule has 2 aromatic carbocycles. The number of hydrogen-bond donors (Lipinski definition) is 2. The van der Waals surface area contributed by atoms with Gasteiger partial charge in [-0.05, 0) is 37.6 Å². The van der Waals surface area contributed by atoms with Crippen molar-refractivity contribution in [3.05, 3.63) is 63.7 Å². The summed E-state index contributed by atoms with van der Waals surface area (Å²) in [6.45, 7) is 4.52. The molecule has 0 aliphatic rings. The first-order valence-corrected chi connectivity index (χ1v) is 6.67. The zero-order valence-corrected chi connectivity index (χ0v) is 12.3. The molecule has 0 radical (unpaired) electrons. The minimum absolute atomic E-state index is 0.0305. The first-order chi connectivity index (χ1) is 9.45. The van der Waals surface area contributed by atoms with E-state index in [1.54, 1.807) is 18.2 Å². The van der Waals surface area contributed by atoms with Crippen molar-refractivity contribution in [2.24, 2.45) is 5.73 Å². The number of hydrogen-bond acceptors (Lipinski definition) is 2. The average molecular weight is 289 g/mol. The Labute approximate surface area is 123 Å². The lowest BCUT2D eigenvalue weighted by atomic mass is 10.1. The molecule has 0 aliphatic carbocycles. The molecule has 0 unspecified atom stereocenters. The molecule has 20 heavy (non-hydrogen) atoms. The second-order valence-corrected chi connectivity index (χ2v) is 5.28. The number of halogens is 1. The molecule has 4 heteroatoms. The zero-order valence-electron chi connectivity index (χ0n) is 11.5. The van der Waals surface area contributed by atoms with Crippen molar-refractivity contribution in [1.82, 2.24) is 0 Å². The summed E-state index contributed by atoms with van der Waals surface area (Å²) in [6, 6.07) is 11.3. The molecule has 0 saturated carbocycles. The Bertz CT molecular complexity index is 633. The van der Waals surface area contributed by atoms with Crippen molar-refractivity contribution < 1.29 is 4.74 Å². The van der Waals surface area contributed by atoms with Crippen LogP contribution in [0.25, 0.3) is 0 Å². The standard InChI is InChI=1S/C16H17ClN2O/c1-10-5-11(2)7-12(6-10)9-20-15-8-13(17)3-4-14(15)16(18)19/h3-8H,9H2,1-2H3,(H3,18,19). The quantitative estimate of drug-likeness (QED) is 0.664. The lowest BCUT2D eigenvalue weighted by Crippen LogP contribution is -2.13. The van der Waals surface area contributed by atoms with Crippen LogP contribution < -0.4 is 10.5 Å². The molecular formula is C16H17ClN2O. The van der Waals surface area contributed by atoms with Gasteiger partial charge in [-0.3, -0.25) is 5.41 Å². The van der Waals surface area contributed by atoms with Crippen molar-refractivity contribution >= 4 is 17.4 Å². The van der Waals surface area contributed by atoms with E-state index in [9.17, 15) is 0 Å². The van der Waals surface area contributed by atoms with Crippen molar-refractivity contribution in [1.29, 1.82) is 5.41 Å². The number of nitrogens with one attached hydrogen (secondary N) is 1. The number of ether oxygens (including phenoxy) is 1. The van der Waals surface area contributed by atoms with E-state index in [1.807, 2.05) is 0 Å². The third kappa shape index (κ3) is 3.52. The van der Waals surface area contributed by atoms with Crippen molar-refractivity contribution in [2.45, 2.75) is 20.5 Å². The molecule has 0 spiro atoms. The summed E-state index contributed by atoms with van der Waals surface area (Å²) < 4.78 is 5.77. The third-order valence-corrected chi connectivity index (χ3v) is 3.14. The highest BCUT2D eigenvalue weighted by molar-refractivity contribution is 6.30. The van der Waals surface area contributed by atoms with E-state index in [0.29, 0.717) is 22.9 Å². The minimum Gasteiger partial charge on any atom is -0.488 e. The molecule has 0 aromatic heterocycles. The van der Waals surface area contributed by atoms with Crippen LogP contribution in [0.3, 0.4) is 0 Å². The van der Waals surface area contributed by atoms with Crippen molar-refractivity contribution in [2.75, 3.05) is 0 Å². The van der Waals surface area contributed by atoms with E-state index >= 15 is 0 Å². The zero-order chi connectivity index (χ0) is 14.7. The molecule has 104 valence electrons. The second-order valence-electron chi connectivity index (χ2n) is 4.84. The summed E-state index contributed by atoms with van der Waals surface area (Å²) >= 11 is 5.96. The van der Waals surface area contributed by atoms with Gasteiger partial charge in [-0.2, -0.15) is 0 Å². The molecule has 0 bridgehead atoms. The van der Waals surface area contributed by atoms with E-state index in [4.69, 9.17) is 27.5 Å². The Morgan fingerprint density at radius 1 is 1.15 bits per heavy atom.